The van der Waals surface area contributed by atoms with Gasteiger partial charge < -0.3 is 28.9 Å². The molecule has 0 saturated carbocycles. The molecule has 0 bridgehead atoms. The largest absolute Gasteiger partial charge is 0.453 e. The molecule has 3 atom stereocenters. The maximum Gasteiger partial charge on any atom is 0.410 e. The maximum atomic E-state index is 13.0. The van der Waals surface area contributed by atoms with E-state index in [1.54, 1.807) is 0 Å². The van der Waals surface area contributed by atoms with Crippen molar-refractivity contribution >= 4 is 18.3 Å². The van der Waals surface area contributed by atoms with E-state index in [1.807, 2.05) is 45.9 Å². The Kier molecular flexibility index (Phi) is 14.1. The van der Waals surface area contributed by atoms with Crippen molar-refractivity contribution in [3.8, 4) is 0 Å². The number of likely N-dealkylation sites (tertiary alicyclic amines) is 3. The smallest absolute Gasteiger partial charge is 0.410 e. The van der Waals surface area contributed by atoms with Gasteiger partial charge in [0.25, 0.3) is 0 Å². The molecule has 0 spiro atoms. The molecule has 0 aromatic heterocycles. The standard InChI is InChI=1S/C38H61N3O6/c1-27(2)33-12-18-40(19-13-33)37(43)46-26-32-9-7-8-31(25-32)24-30(5)47-38(44)41-22-16-35(17-23-41)29(4)11-10-28(3)34-14-20-39(21-15-34)36(42)45-6/h7-9,25,27-30,33-35H,10-24,26H2,1-6H3. The molecular weight excluding hydrogens is 594 g/mol. The Hall–Kier alpha value is -2.97. The van der Waals surface area contributed by atoms with Crippen molar-refractivity contribution in [2.24, 2.45) is 35.5 Å². The van der Waals surface area contributed by atoms with E-state index < -0.39 is 0 Å². The van der Waals surface area contributed by atoms with Crippen molar-refractivity contribution < 1.29 is 28.6 Å². The van der Waals surface area contributed by atoms with Crippen LogP contribution >= 0.6 is 0 Å². The molecule has 3 aliphatic rings. The zero-order valence-corrected chi connectivity index (χ0v) is 30.0. The minimum absolute atomic E-state index is 0.205. The molecule has 9 nitrogen and oxygen atoms in total. The zero-order chi connectivity index (χ0) is 33.9. The highest BCUT2D eigenvalue weighted by molar-refractivity contribution is 5.68. The third-order valence-corrected chi connectivity index (χ3v) is 11.4. The number of hydrogen-bond acceptors (Lipinski definition) is 6. The predicted molar refractivity (Wildman–Crippen MR) is 184 cm³/mol. The summed E-state index contributed by atoms with van der Waals surface area (Å²) in [4.78, 5) is 42.9. The molecule has 0 aliphatic carbocycles. The fourth-order valence-electron chi connectivity index (χ4n) is 7.88. The molecule has 1 aromatic rings. The lowest BCUT2D eigenvalue weighted by molar-refractivity contribution is 0.0542. The van der Waals surface area contributed by atoms with Crippen molar-refractivity contribution in [2.45, 2.75) is 105 Å². The van der Waals surface area contributed by atoms with Gasteiger partial charge in [0.15, 0.2) is 0 Å². The van der Waals surface area contributed by atoms with Gasteiger partial charge in [0.2, 0.25) is 0 Å². The van der Waals surface area contributed by atoms with Gasteiger partial charge in [-0.15, -0.1) is 0 Å². The Morgan fingerprint density at radius 2 is 1.15 bits per heavy atom. The lowest BCUT2D eigenvalue weighted by atomic mass is 9.78. The van der Waals surface area contributed by atoms with Gasteiger partial charge in [0.05, 0.1) is 7.11 Å². The van der Waals surface area contributed by atoms with E-state index in [0.717, 1.165) is 88.9 Å². The van der Waals surface area contributed by atoms with Crippen LogP contribution in [0.2, 0.25) is 0 Å². The number of hydrogen-bond donors (Lipinski definition) is 0. The lowest BCUT2D eigenvalue weighted by Gasteiger charge is -2.36. The van der Waals surface area contributed by atoms with E-state index >= 15 is 0 Å². The molecule has 0 N–H and O–H groups in total. The van der Waals surface area contributed by atoms with Crippen LogP contribution in [-0.4, -0.2) is 85.5 Å². The van der Waals surface area contributed by atoms with Crippen molar-refractivity contribution in [2.75, 3.05) is 46.4 Å². The molecule has 3 aliphatic heterocycles. The summed E-state index contributed by atoms with van der Waals surface area (Å²) in [5.74, 6) is 3.93. The summed E-state index contributed by atoms with van der Waals surface area (Å²) < 4.78 is 16.4. The fourth-order valence-corrected chi connectivity index (χ4v) is 7.88. The van der Waals surface area contributed by atoms with E-state index in [9.17, 15) is 14.4 Å². The van der Waals surface area contributed by atoms with E-state index in [0.29, 0.717) is 41.9 Å². The van der Waals surface area contributed by atoms with Crippen LogP contribution in [0.4, 0.5) is 14.4 Å². The third kappa shape index (κ3) is 11.0. The lowest BCUT2D eigenvalue weighted by Crippen LogP contribution is -2.41. The van der Waals surface area contributed by atoms with E-state index in [4.69, 9.17) is 14.2 Å². The van der Waals surface area contributed by atoms with Crippen LogP contribution in [0.5, 0.6) is 0 Å². The van der Waals surface area contributed by atoms with Crippen LogP contribution in [-0.2, 0) is 27.2 Å². The highest BCUT2D eigenvalue weighted by Crippen LogP contribution is 2.33. The normalized spacial score (nSPS) is 20.5. The maximum absolute atomic E-state index is 13.0. The fraction of sp³-hybridized carbons (Fsp3) is 0.763. The van der Waals surface area contributed by atoms with Gasteiger partial charge in [-0.3, -0.25) is 0 Å². The number of nitrogens with zero attached hydrogens (tertiary/aromatic N) is 3. The van der Waals surface area contributed by atoms with Gasteiger partial charge in [-0.05, 0) is 92.1 Å². The number of rotatable bonds is 11. The SMILES string of the molecule is COC(=O)N1CCC(C(C)CCC(C)C2CCN(C(=O)OC(C)Cc3cccc(COC(=O)N4CCC(C(C)C)CC4)c3)CC2)CC1. The van der Waals surface area contributed by atoms with E-state index in [-0.39, 0.29) is 31.0 Å². The second-order valence-corrected chi connectivity index (χ2v) is 15.0. The molecule has 3 amide bonds. The summed E-state index contributed by atoms with van der Waals surface area (Å²) in [6.07, 6.45) is 8.36. The first-order valence-corrected chi connectivity index (χ1v) is 18.3. The first kappa shape index (κ1) is 36.9. The summed E-state index contributed by atoms with van der Waals surface area (Å²) in [6, 6.07) is 8.02. The number of carbonyl (C=O) groups excluding carboxylic acids is 3. The molecule has 3 unspecified atom stereocenters. The van der Waals surface area contributed by atoms with Crippen LogP contribution in [0.3, 0.4) is 0 Å². The third-order valence-electron chi connectivity index (χ3n) is 11.4. The number of ether oxygens (including phenoxy) is 3. The van der Waals surface area contributed by atoms with Crippen LogP contribution in [0.25, 0.3) is 0 Å². The molecular formula is C38H61N3O6. The second kappa shape index (κ2) is 18.0. The monoisotopic (exact) mass is 655 g/mol. The minimum atomic E-state index is -0.250. The molecule has 4 rings (SSSR count). The summed E-state index contributed by atoms with van der Waals surface area (Å²) in [7, 11) is 1.45. The highest BCUT2D eigenvalue weighted by Gasteiger charge is 2.30. The highest BCUT2D eigenvalue weighted by atomic mass is 16.6. The van der Waals surface area contributed by atoms with Gasteiger partial charge in [0, 0.05) is 45.7 Å². The number of benzene rings is 1. The van der Waals surface area contributed by atoms with Crippen LogP contribution < -0.4 is 0 Å². The average Bonchev–Trinajstić information content (AvgIpc) is 3.09. The van der Waals surface area contributed by atoms with Crippen LogP contribution in [0, 0.1) is 35.5 Å². The topological polar surface area (TPSA) is 88.6 Å². The molecule has 264 valence electrons. The number of carbonyl (C=O) groups is 3. The van der Waals surface area contributed by atoms with Gasteiger partial charge >= 0.3 is 18.3 Å². The molecule has 3 heterocycles. The molecule has 47 heavy (non-hydrogen) atoms. The van der Waals surface area contributed by atoms with Crippen molar-refractivity contribution in [1.29, 1.82) is 0 Å². The molecule has 0 radical (unpaired) electrons. The Labute approximate surface area is 283 Å². The Morgan fingerprint density at radius 3 is 1.66 bits per heavy atom. The van der Waals surface area contributed by atoms with Crippen molar-refractivity contribution in [3.05, 3.63) is 35.4 Å². The zero-order valence-electron chi connectivity index (χ0n) is 30.0. The van der Waals surface area contributed by atoms with Gasteiger partial charge in [-0.2, -0.15) is 0 Å². The summed E-state index contributed by atoms with van der Waals surface area (Å²) in [6.45, 7) is 16.1. The number of piperidine rings is 3. The second-order valence-electron chi connectivity index (χ2n) is 15.0. The average molecular weight is 656 g/mol. The number of methoxy groups -OCH3 is 1. The van der Waals surface area contributed by atoms with E-state index in [2.05, 4.69) is 27.7 Å². The Balaban J connectivity index is 1.12. The molecule has 1 aromatic carbocycles. The van der Waals surface area contributed by atoms with Gasteiger partial charge in [-0.1, -0.05) is 64.8 Å². The van der Waals surface area contributed by atoms with E-state index in [1.165, 1.54) is 20.0 Å². The van der Waals surface area contributed by atoms with Crippen molar-refractivity contribution in [1.82, 2.24) is 14.7 Å². The minimum Gasteiger partial charge on any atom is -0.453 e. The van der Waals surface area contributed by atoms with Crippen LogP contribution in [0.1, 0.15) is 97.1 Å². The summed E-state index contributed by atoms with van der Waals surface area (Å²) in [5.41, 5.74) is 2.01. The molecule has 3 fully saturated rings. The summed E-state index contributed by atoms with van der Waals surface area (Å²) in [5, 5.41) is 0. The summed E-state index contributed by atoms with van der Waals surface area (Å²) >= 11 is 0. The van der Waals surface area contributed by atoms with Gasteiger partial charge in [-0.25, -0.2) is 14.4 Å². The predicted octanol–water partition coefficient (Wildman–Crippen LogP) is 8.00. The first-order valence-electron chi connectivity index (χ1n) is 18.3. The molecule has 9 heteroatoms. The molecule has 3 saturated heterocycles. The van der Waals surface area contributed by atoms with Crippen molar-refractivity contribution in [3.63, 3.8) is 0 Å². The van der Waals surface area contributed by atoms with Gasteiger partial charge in [0.1, 0.15) is 12.7 Å². The first-order chi connectivity index (χ1) is 22.5. The quantitative estimate of drug-likeness (QED) is 0.225. The Morgan fingerprint density at radius 1 is 0.681 bits per heavy atom. The Bertz CT molecular complexity index is 1140. The number of amides is 3. The van der Waals surface area contributed by atoms with Crippen LogP contribution in [0.15, 0.2) is 24.3 Å².